The van der Waals surface area contributed by atoms with E-state index >= 15 is 0 Å². The third kappa shape index (κ3) is 5.18. The summed E-state index contributed by atoms with van der Waals surface area (Å²) in [7, 11) is 3.27. The van der Waals surface area contributed by atoms with Crippen LogP contribution >= 0.6 is 12.2 Å². The number of aryl methyl sites for hydroxylation is 1. The van der Waals surface area contributed by atoms with E-state index in [0.717, 1.165) is 17.8 Å². The molecule has 0 atom stereocenters. The number of rotatable bonds is 6. The van der Waals surface area contributed by atoms with Crippen molar-refractivity contribution in [3.05, 3.63) is 48.0 Å². The first kappa shape index (κ1) is 21.1. The highest BCUT2D eigenvalue weighted by molar-refractivity contribution is 7.89. The maximum Gasteiger partial charge on any atom is 0.242 e. The maximum absolute atomic E-state index is 12.4. The van der Waals surface area contributed by atoms with E-state index in [0.29, 0.717) is 10.8 Å². The predicted octanol–water partition coefficient (Wildman–Crippen LogP) is 3.37. The maximum atomic E-state index is 12.4. The van der Waals surface area contributed by atoms with Crippen molar-refractivity contribution in [1.29, 1.82) is 0 Å². The summed E-state index contributed by atoms with van der Waals surface area (Å²) in [6.45, 7) is 2.09. The van der Waals surface area contributed by atoms with Gasteiger partial charge in [-0.25, -0.2) is 12.7 Å². The number of benzene rings is 2. The average Bonchev–Trinajstić information content (AvgIpc) is 2.61. The number of hydrogen-bond donors (Lipinski definition) is 2. The molecule has 0 saturated heterocycles. The molecule has 8 heteroatoms. The molecule has 0 aliphatic heterocycles. The molecule has 0 heterocycles. The van der Waals surface area contributed by atoms with Crippen LogP contribution in [0.5, 0.6) is 0 Å². The van der Waals surface area contributed by atoms with Gasteiger partial charge >= 0.3 is 0 Å². The van der Waals surface area contributed by atoms with Crippen molar-refractivity contribution in [2.75, 3.05) is 43.7 Å². The third-order valence-electron chi connectivity index (χ3n) is 4.07. The summed E-state index contributed by atoms with van der Waals surface area (Å²) < 4.78 is 26.1. The molecular weight excluding hydrogens is 380 g/mol. The molecule has 0 aromatic heterocycles. The molecule has 146 valence electrons. The topological polar surface area (TPSA) is 64.7 Å². The van der Waals surface area contributed by atoms with Crippen LogP contribution in [0.3, 0.4) is 0 Å². The number of sulfonamides is 1. The fourth-order valence-corrected chi connectivity index (χ4v) is 3.69. The molecule has 2 aromatic rings. The first-order valence-electron chi connectivity index (χ1n) is 8.56. The predicted molar refractivity (Wildman–Crippen MR) is 117 cm³/mol. The normalized spacial score (nSPS) is 11.3. The lowest BCUT2D eigenvalue weighted by Gasteiger charge is -2.21. The summed E-state index contributed by atoms with van der Waals surface area (Å²) in [4.78, 5) is 2.10. The molecule has 0 fully saturated rings. The van der Waals surface area contributed by atoms with Crippen LogP contribution in [0.4, 0.5) is 17.1 Å². The smallest absolute Gasteiger partial charge is 0.242 e. The highest BCUT2D eigenvalue weighted by atomic mass is 32.2. The highest BCUT2D eigenvalue weighted by Crippen LogP contribution is 2.28. The number of thiocarbonyl (C=S) groups is 1. The van der Waals surface area contributed by atoms with Crippen molar-refractivity contribution in [3.63, 3.8) is 0 Å². The molecule has 0 bridgehead atoms. The molecule has 0 aliphatic rings. The fourth-order valence-electron chi connectivity index (χ4n) is 2.53. The van der Waals surface area contributed by atoms with Gasteiger partial charge in [-0.3, -0.25) is 0 Å². The van der Waals surface area contributed by atoms with Crippen LogP contribution < -0.4 is 15.5 Å². The molecule has 0 unspecified atom stereocenters. The van der Waals surface area contributed by atoms with Crippen LogP contribution in [-0.4, -0.2) is 46.0 Å². The van der Waals surface area contributed by atoms with E-state index in [1.165, 1.54) is 24.0 Å². The zero-order chi connectivity index (χ0) is 20.2. The van der Waals surface area contributed by atoms with Crippen LogP contribution in [0, 0.1) is 0 Å². The second-order valence-corrected chi connectivity index (χ2v) is 9.05. The van der Waals surface area contributed by atoms with Crippen molar-refractivity contribution in [1.82, 2.24) is 4.31 Å². The Balaban J connectivity index is 2.31. The molecule has 27 heavy (non-hydrogen) atoms. The van der Waals surface area contributed by atoms with Crippen molar-refractivity contribution in [2.45, 2.75) is 18.2 Å². The van der Waals surface area contributed by atoms with Crippen LogP contribution in [0.25, 0.3) is 0 Å². The highest BCUT2D eigenvalue weighted by Gasteiger charge is 2.19. The van der Waals surface area contributed by atoms with Crippen molar-refractivity contribution in [3.8, 4) is 0 Å². The largest absolute Gasteiger partial charge is 0.376 e. The number of nitrogens with zero attached hydrogens (tertiary/aromatic N) is 2. The average molecular weight is 407 g/mol. The van der Waals surface area contributed by atoms with Gasteiger partial charge in [-0.15, -0.1) is 0 Å². The van der Waals surface area contributed by atoms with Gasteiger partial charge in [0.1, 0.15) is 0 Å². The van der Waals surface area contributed by atoms with E-state index in [2.05, 4.69) is 23.6 Å². The molecule has 2 N–H and O–H groups in total. The Morgan fingerprint density at radius 3 is 2.33 bits per heavy atom. The Hall–Kier alpha value is -2.16. The molecule has 0 spiro atoms. The van der Waals surface area contributed by atoms with Gasteiger partial charge in [-0.1, -0.05) is 19.1 Å². The van der Waals surface area contributed by atoms with Crippen molar-refractivity contribution >= 4 is 44.4 Å². The quantitative estimate of drug-likeness (QED) is 0.717. The van der Waals surface area contributed by atoms with Crippen LogP contribution in [0.1, 0.15) is 12.5 Å². The summed E-state index contributed by atoms with van der Waals surface area (Å²) in [6, 6.07) is 13.0. The molecular formula is C19H26N4O2S2. The standard InChI is InChI=1S/C19H26N4O2S2/c1-6-14-8-7-9-15(12-14)20-19(26)21-17-13-16(27(24,25)23(4)5)10-11-18(17)22(2)3/h7-13H,6H2,1-5H3,(H2,20,21,26). The lowest BCUT2D eigenvalue weighted by atomic mass is 10.1. The Kier molecular flexibility index (Phi) is 6.80. The molecule has 2 aromatic carbocycles. The van der Waals surface area contributed by atoms with Gasteiger partial charge in [0.25, 0.3) is 0 Å². The minimum absolute atomic E-state index is 0.205. The van der Waals surface area contributed by atoms with E-state index in [9.17, 15) is 8.42 Å². The van der Waals surface area contributed by atoms with Crippen molar-refractivity contribution < 1.29 is 8.42 Å². The molecule has 6 nitrogen and oxygen atoms in total. The number of hydrogen-bond acceptors (Lipinski definition) is 4. The molecule has 0 aliphatic carbocycles. The second kappa shape index (κ2) is 8.69. The first-order valence-corrected chi connectivity index (χ1v) is 10.4. The van der Waals surface area contributed by atoms with Crippen LogP contribution in [-0.2, 0) is 16.4 Å². The zero-order valence-electron chi connectivity index (χ0n) is 16.3. The summed E-state index contributed by atoms with van der Waals surface area (Å²) in [5, 5.41) is 6.67. The van der Waals surface area contributed by atoms with Crippen LogP contribution in [0.2, 0.25) is 0 Å². The monoisotopic (exact) mass is 406 g/mol. The van der Waals surface area contributed by atoms with E-state index in [-0.39, 0.29) is 4.90 Å². The summed E-state index contributed by atoms with van der Waals surface area (Å²) in [5.41, 5.74) is 3.54. The van der Waals surface area contributed by atoms with Gasteiger partial charge in [0.2, 0.25) is 10.0 Å². The second-order valence-electron chi connectivity index (χ2n) is 6.49. The van der Waals surface area contributed by atoms with E-state index in [4.69, 9.17) is 12.2 Å². The minimum Gasteiger partial charge on any atom is -0.376 e. The molecule has 0 amide bonds. The summed E-state index contributed by atoms with van der Waals surface area (Å²) in [5.74, 6) is 0. The van der Waals surface area contributed by atoms with E-state index < -0.39 is 10.0 Å². The minimum atomic E-state index is -3.53. The Morgan fingerprint density at radius 1 is 1.04 bits per heavy atom. The van der Waals surface area contributed by atoms with Crippen molar-refractivity contribution in [2.24, 2.45) is 0 Å². The SMILES string of the molecule is CCc1cccc(NC(=S)Nc2cc(S(=O)(=O)N(C)C)ccc2N(C)C)c1. The summed E-state index contributed by atoms with van der Waals surface area (Å²) >= 11 is 5.43. The Morgan fingerprint density at radius 2 is 1.74 bits per heavy atom. The summed E-state index contributed by atoms with van der Waals surface area (Å²) in [6.07, 6.45) is 0.935. The Bertz CT molecular complexity index is 925. The van der Waals surface area contributed by atoms with Gasteiger partial charge in [0.05, 0.1) is 16.3 Å². The zero-order valence-corrected chi connectivity index (χ0v) is 17.9. The first-order chi connectivity index (χ1) is 12.6. The Labute approximate surface area is 167 Å². The lowest BCUT2D eigenvalue weighted by Crippen LogP contribution is -2.24. The molecule has 0 saturated carbocycles. The number of nitrogens with one attached hydrogen (secondary N) is 2. The van der Waals surface area contributed by atoms with Crippen LogP contribution in [0.15, 0.2) is 47.4 Å². The third-order valence-corrected chi connectivity index (χ3v) is 6.08. The molecule has 2 rings (SSSR count). The van der Waals surface area contributed by atoms with E-state index in [1.807, 2.05) is 37.2 Å². The fraction of sp³-hybridized carbons (Fsp3) is 0.316. The van der Waals surface area contributed by atoms with Gasteiger partial charge in [-0.05, 0) is 54.5 Å². The lowest BCUT2D eigenvalue weighted by molar-refractivity contribution is 0.521. The van der Waals surface area contributed by atoms with Gasteiger partial charge in [0, 0.05) is 33.9 Å². The van der Waals surface area contributed by atoms with Gasteiger partial charge < -0.3 is 15.5 Å². The van der Waals surface area contributed by atoms with E-state index in [1.54, 1.807) is 18.2 Å². The van der Waals surface area contributed by atoms with Gasteiger partial charge in [-0.2, -0.15) is 0 Å². The number of anilines is 3. The van der Waals surface area contributed by atoms with Gasteiger partial charge in [0.15, 0.2) is 5.11 Å². The molecule has 0 radical (unpaired) electrons.